The van der Waals surface area contributed by atoms with Crippen LogP contribution >= 0.6 is 0 Å². The second-order valence-electron chi connectivity index (χ2n) is 9.25. The molecule has 0 spiro atoms. The number of aromatic nitrogens is 1. The van der Waals surface area contributed by atoms with Crippen molar-refractivity contribution in [1.29, 1.82) is 0 Å². The molecule has 33 heavy (non-hydrogen) atoms. The number of nitrogens with one attached hydrogen (secondary N) is 1. The summed E-state index contributed by atoms with van der Waals surface area (Å²) in [6.45, 7) is 3.91. The minimum absolute atomic E-state index is 0.00614. The minimum atomic E-state index is -0.707. The molecule has 1 N–H and O–H groups in total. The van der Waals surface area contributed by atoms with Crippen molar-refractivity contribution >= 4 is 17.7 Å². The second-order valence-corrected chi connectivity index (χ2v) is 9.25. The van der Waals surface area contributed by atoms with Gasteiger partial charge in [-0.25, -0.2) is 0 Å². The predicted molar refractivity (Wildman–Crippen MR) is 126 cm³/mol. The van der Waals surface area contributed by atoms with Gasteiger partial charge in [-0.1, -0.05) is 24.3 Å². The lowest BCUT2D eigenvalue weighted by Gasteiger charge is -2.42. The molecule has 1 aromatic carbocycles. The van der Waals surface area contributed by atoms with Crippen molar-refractivity contribution in [2.45, 2.75) is 32.6 Å². The van der Waals surface area contributed by atoms with Crippen LogP contribution in [0.5, 0.6) is 0 Å². The molecule has 3 heterocycles. The van der Waals surface area contributed by atoms with Gasteiger partial charge in [-0.05, 0) is 55.0 Å². The molecule has 0 unspecified atom stereocenters. The van der Waals surface area contributed by atoms with Crippen LogP contribution in [0, 0.1) is 11.3 Å². The maximum Gasteiger partial charge on any atom is 0.228 e. The highest BCUT2D eigenvalue weighted by Gasteiger charge is 2.45. The monoisotopic (exact) mass is 448 g/mol. The fourth-order valence-electron chi connectivity index (χ4n) is 5.22. The Morgan fingerprint density at radius 1 is 1.18 bits per heavy atom. The summed E-state index contributed by atoms with van der Waals surface area (Å²) in [4.78, 5) is 46.3. The topological polar surface area (TPSA) is 82.6 Å². The normalized spacial score (nSPS) is 23.0. The number of rotatable bonds is 6. The molecule has 2 aliphatic rings. The number of hydrogen-bond donors (Lipinski definition) is 1. The van der Waals surface area contributed by atoms with E-state index in [4.69, 9.17) is 0 Å². The van der Waals surface area contributed by atoms with E-state index in [2.05, 4.69) is 22.4 Å². The number of pyridine rings is 1. The Hall–Kier alpha value is -3.22. The van der Waals surface area contributed by atoms with Crippen molar-refractivity contribution in [3.63, 3.8) is 0 Å². The van der Waals surface area contributed by atoms with Crippen molar-refractivity contribution in [2.75, 3.05) is 33.2 Å². The molecule has 2 aliphatic heterocycles. The van der Waals surface area contributed by atoms with E-state index in [9.17, 15) is 14.4 Å². The van der Waals surface area contributed by atoms with Crippen LogP contribution in [0.15, 0.2) is 48.8 Å². The molecule has 0 aliphatic carbocycles. The summed E-state index contributed by atoms with van der Waals surface area (Å²) in [6, 6.07) is 12.1. The Morgan fingerprint density at radius 2 is 1.94 bits per heavy atom. The van der Waals surface area contributed by atoms with Gasteiger partial charge in [-0.15, -0.1) is 0 Å². The molecule has 1 aromatic heterocycles. The molecular formula is C26H32N4O3. The van der Waals surface area contributed by atoms with Crippen LogP contribution in [-0.4, -0.2) is 65.7 Å². The predicted octanol–water partition coefficient (Wildman–Crippen LogP) is 2.51. The molecular weight excluding hydrogens is 416 g/mol. The number of carbonyl (C=O) groups is 3. The third-order valence-corrected chi connectivity index (χ3v) is 6.94. The summed E-state index contributed by atoms with van der Waals surface area (Å²) in [5.41, 5.74) is 2.51. The molecule has 2 saturated heterocycles. The molecule has 4 rings (SSSR count). The molecule has 2 atom stereocenters. The fourth-order valence-corrected chi connectivity index (χ4v) is 5.22. The molecule has 2 aromatic rings. The highest BCUT2D eigenvalue weighted by Crippen LogP contribution is 2.38. The van der Waals surface area contributed by atoms with E-state index in [0.717, 1.165) is 29.5 Å². The zero-order chi connectivity index (χ0) is 23.4. The lowest BCUT2D eigenvalue weighted by atomic mass is 9.73. The van der Waals surface area contributed by atoms with Crippen LogP contribution < -0.4 is 5.32 Å². The van der Waals surface area contributed by atoms with Crippen LogP contribution in [0.2, 0.25) is 0 Å². The number of amides is 3. The summed E-state index contributed by atoms with van der Waals surface area (Å²) >= 11 is 0. The van der Waals surface area contributed by atoms with Crippen molar-refractivity contribution in [2.24, 2.45) is 11.3 Å². The van der Waals surface area contributed by atoms with Gasteiger partial charge in [0.05, 0.1) is 11.3 Å². The molecule has 0 bridgehead atoms. The van der Waals surface area contributed by atoms with Gasteiger partial charge >= 0.3 is 0 Å². The van der Waals surface area contributed by atoms with Crippen LogP contribution in [0.4, 0.5) is 0 Å². The number of hydrogen-bond acceptors (Lipinski definition) is 4. The summed E-state index contributed by atoms with van der Waals surface area (Å²) in [5, 5.41) is 3.03. The zero-order valence-corrected chi connectivity index (χ0v) is 19.4. The number of likely N-dealkylation sites (tertiary alicyclic amines) is 2. The van der Waals surface area contributed by atoms with Crippen molar-refractivity contribution in [3.05, 3.63) is 54.4 Å². The Balaban J connectivity index is 1.63. The quantitative estimate of drug-likeness (QED) is 0.736. The Bertz CT molecular complexity index is 1030. The molecule has 0 radical (unpaired) electrons. The summed E-state index contributed by atoms with van der Waals surface area (Å²) in [5.74, 6) is -0.335. The lowest BCUT2D eigenvalue weighted by molar-refractivity contribution is -0.144. The number of benzene rings is 1. The second kappa shape index (κ2) is 9.73. The Morgan fingerprint density at radius 3 is 2.64 bits per heavy atom. The molecule has 174 valence electrons. The first-order valence-electron chi connectivity index (χ1n) is 11.7. The number of nitrogens with zero attached hydrogens (tertiary/aromatic N) is 3. The first-order chi connectivity index (χ1) is 15.9. The van der Waals surface area contributed by atoms with Crippen molar-refractivity contribution in [3.8, 4) is 11.1 Å². The van der Waals surface area contributed by atoms with E-state index < -0.39 is 5.41 Å². The summed E-state index contributed by atoms with van der Waals surface area (Å²) in [7, 11) is 1.74. The van der Waals surface area contributed by atoms with Gasteiger partial charge in [0, 0.05) is 52.0 Å². The SMILES string of the molecule is CCNC(=O)[C@]1(Cc2ccccc2-c2ccncc2)CCCN(C(=O)[C@H]2CC(=O)N(C)C2)C1. The van der Waals surface area contributed by atoms with Crippen molar-refractivity contribution < 1.29 is 14.4 Å². The van der Waals surface area contributed by atoms with E-state index >= 15 is 0 Å². The average molecular weight is 449 g/mol. The summed E-state index contributed by atoms with van der Waals surface area (Å²) in [6.07, 6.45) is 5.82. The Labute approximate surface area is 195 Å². The smallest absolute Gasteiger partial charge is 0.228 e. The van der Waals surface area contributed by atoms with Gasteiger partial charge in [-0.3, -0.25) is 19.4 Å². The third-order valence-electron chi connectivity index (χ3n) is 6.94. The largest absolute Gasteiger partial charge is 0.356 e. The van der Waals surface area contributed by atoms with Gasteiger partial charge in [0.25, 0.3) is 0 Å². The first-order valence-corrected chi connectivity index (χ1v) is 11.7. The molecule has 7 nitrogen and oxygen atoms in total. The molecule has 2 fully saturated rings. The fraction of sp³-hybridized carbons (Fsp3) is 0.462. The maximum absolute atomic E-state index is 13.4. The average Bonchev–Trinajstić information content (AvgIpc) is 3.18. The molecule has 3 amide bonds. The van der Waals surface area contributed by atoms with Crippen LogP contribution in [-0.2, 0) is 20.8 Å². The van der Waals surface area contributed by atoms with Gasteiger partial charge in [0.15, 0.2) is 0 Å². The van der Waals surface area contributed by atoms with Gasteiger partial charge in [-0.2, -0.15) is 0 Å². The van der Waals surface area contributed by atoms with Gasteiger partial charge in [0.2, 0.25) is 17.7 Å². The highest BCUT2D eigenvalue weighted by atomic mass is 16.2. The standard InChI is InChI=1S/C26H32N4O3/c1-3-28-25(33)26(16-20-7-4-5-8-22(20)19-9-12-27-13-10-19)11-6-14-30(18-26)24(32)21-15-23(31)29(2)17-21/h4-5,7-10,12-13,21H,3,6,11,14-18H2,1-2H3,(H,28,33)/t21-,26-/m0/s1. The number of carbonyl (C=O) groups excluding carboxylic acids is 3. The Kier molecular flexibility index (Phi) is 6.77. The van der Waals surface area contributed by atoms with E-state index in [-0.39, 0.29) is 30.1 Å². The third kappa shape index (κ3) is 4.77. The van der Waals surface area contributed by atoms with Crippen LogP contribution in [0.1, 0.15) is 31.7 Å². The zero-order valence-electron chi connectivity index (χ0n) is 19.4. The van der Waals surface area contributed by atoms with E-state index in [0.29, 0.717) is 32.6 Å². The molecule has 7 heteroatoms. The van der Waals surface area contributed by atoms with Crippen LogP contribution in [0.3, 0.4) is 0 Å². The van der Waals surface area contributed by atoms with E-state index in [1.165, 1.54) is 0 Å². The first kappa shape index (κ1) is 23.0. The van der Waals surface area contributed by atoms with Gasteiger partial charge < -0.3 is 15.1 Å². The van der Waals surface area contributed by atoms with Gasteiger partial charge in [0.1, 0.15) is 0 Å². The summed E-state index contributed by atoms with van der Waals surface area (Å²) < 4.78 is 0. The maximum atomic E-state index is 13.4. The van der Waals surface area contributed by atoms with E-state index in [1.54, 1.807) is 24.3 Å². The molecule has 0 saturated carbocycles. The minimum Gasteiger partial charge on any atom is -0.356 e. The van der Waals surface area contributed by atoms with Crippen LogP contribution in [0.25, 0.3) is 11.1 Å². The van der Waals surface area contributed by atoms with E-state index in [1.807, 2.05) is 36.1 Å². The van der Waals surface area contributed by atoms with Crippen molar-refractivity contribution in [1.82, 2.24) is 20.1 Å². The lowest BCUT2D eigenvalue weighted by Crippen LogP contribution is -2.55. The number of piperidine rings is 1. The highest BCUT2D eigenvalue weighted by molar-refractivity contribution is 5.90.